The van der Waals surface area contributed by atoms with Crippen LogP contribution in [0.1, 0.15) is 92.9 Å². The molecule has 3 fully saturated rings. The zero-order valence-corrected chi connectivity index (χ0v) is 20.9. The van der Waals surface area contributed by atoms with E-state index in [1.165, 1.54) is 0 Å². The van der Waals surface area contributed by atoms with Gasteiger partial charge in [0.1, 0.15) is 0 Å². The molecule has 0 aromatic carbocycles. The van der Waals surface area contributed by atoms with Crippen LogP contribution in [0.4, 0.5) is 0 Å². The Bertz CT molecular complexity index is 810. The fourth-order valence-electron chi connectivity index (χ4n) is 8.58. The van der Waals surface area contributed by atoms with Gasteiger partial charge < -0.3 is 15.1 Å². The fraction of sp³-hybridized carbons (Fsp3) is 0.852. The van der Waals surface area contributed by atoms with Crippen molar-refractivity contribution in [3.05, 3.63) is 11.6 Å². The molecule has 0 bridgehead atoms. The zero-order valence-electron chi connectivity index (χ0n) is 20.9. The third kappa shape index (κ3) is 3.36. The number of aliphatic hydroxyl groups is 1. The third-order valence-electron chi connectivity index (χ3n) is 10.2. The number of fused-ring (bicyclic) bond motifs is 5. The second kappa shape index (κ2) is 7.85. The lowest BCUT2D eigenvalue weighted by Crippen LogP contribution is -2.54. The summed E-state index contributed by atoms with van der Waals surface area (Å²) in [6.45, 7) is 13.2. The van der Waals surface area contributed by atoms with Crippen LogP contribution in [-0.2, 0) is 9.59 Å². The average molecular weight is 446 g/mol. The van der Waals surface area contributed by atoms with Crippen LogP contribution in [-0.4, -0.2) is 44.7 Å². The molecule has 5 nitrogen and oxygen atoms in total. The molecule has 4 aliphatic carbocycles. The van der Waals surface area contributed by atoms with Crippen molar-refractivity contribution >= 4 is 11.9 Å². The van der Waals surface area contributed by atoms with Gasteiger partial charge in [-0.3, -0.25) is 4.79 Å². The van der Waals surface area contributed by atoms with E-state index in [4.69, 9.17) is 0 Å². The first kappa shape index (κ1) is 23.8. The molecule has 7 atom stereocenters. The maximum Gasteiger partial charge on any atom is 0.339 e. The highest BCUT2D eigenvalue weighted by molar-refractivity contribution is 5.81. The highest BCUT2D eigenvalue weighted by Gasteiger charge is 2.61. The van der Waals surface area contributed by atoms with E-state index in [2.05, 4.69) is 46.4 Å². The summed E-state index contributed by atoms with van der Waals surface area (Å²) in [6.07, 6.45) is 8.96. The van der Waals surface area contributed by atoms with Crippen molar-refractivity contribution in [3.8, 4) is 0 Å². The molecule has 5 heteroatoms. The van der Waals surface area contributed by atoms with Gasteiger partial charge in [0.2, 0.25) is 5.91 Å². The molecule has 0 heterocycles. The summed E-state index contributed by atoms with van der Waals surface area (Å²) in [5, 5.41) is 20.1. The van der Waals surface area contributed by atoms with Gasteiger partial charge in [-0.25, -0.2) is 4.79 Å². The number of carbonyl (C=O) groups is 2. The van der Waals surface area contributed by atoms with Crippen molar-refractivity contribution in [2.45, 2.75) is 111 Å². The minimum absolute atomic E-state index is 0.0179. The van der Waals surface area contributed by atoms with Crippen LogP contribution in [0.5, 0.6) is 0 Å². The smallest absolute Gasteiger partial charge is 0.339 e. The predicted octanol–water partition coefficient (Wildman–Crippen LogP) is 5.03. The molecule has 0 radical (unpaired) electrons. The van der Waals surface area contributed by atoms with Gasteiger partial charge in [0.15, 0.2) is 5.60 Å². The van der Waals surface area contributed by atoms with Crippen molar-refractivity contribution in [2.24, 2.45) is 34.5 Å². The van der Waals surface area contributed by atoms with Crippen molar-refractivity contribution in [2.75, 3.05) is 0 Å². The van der Waals surface area contributed by atoms with E-state index in [1.54, 1.807) is 6.08 Å². The minimum Gasteiger partial charge on any atom is -0.479 e. The molecule has 2 N–H and O–H groups in total. The van der Waals surface area contributed by atoms with E-state index in [0.29, 0.717) is 30.1 Å². The summed E-state index contributed by atoms with van der Waals surface area (Å²) >= 11 is 0. The number of carboxylic acids is 1. The van der Waals surface area contributed by atoms with E-state index < -0.39 is 11.6 Å². The number of amides is 1. The normalized spacial score (nSPS) is 43.3. The Morgan fingerprint density at radius 2 is 1.62 bits per heavy atom. The van der Waals surface area contributed by atoms with Crippen LogP contribution in [0.3, 0.4) is 0 Å². The van der Waals surface area contributed by atoms with Gasteiger partial charge in [-0.05, 0) is 114 Å². The van der Waals surface area contributed by atoms with Gasteiger partial charge in [0.25, 0.3) is 0 Å². The van der Waals surface area contributed by atoms with Gasteiger partial charge in [-0.15, -0.1) is 0 Å². The summed E-state index contributed by atoms with van der Waals surface area (Å²) in [7, 11) is 0. The number of hydrogen-bond donors (Lipinski definition) is 2. The maximum absolute atomic E-state index is 13.7. The number of nitrogens with zero attached hydrogens (tertiary/aromatic N) is 1. The molecular weight excluding hydrogens is 402 g/mol. The first-order valence-corrected chi connectivity index (χ1v) is 12.9. The highest BCUT2D eigenvalue weighted by Crippen LogP contribution is 2.67. The topological polar surface area (TPSA) is 77.8 Å². The quantitative estimate of drug-likeness (QED) is 0.595. The summed E-state index contributed by atoms with van der Waals surface area (Å²) in [5.74, 6) is 1.03. The van der Waals surface area contributed by atoms with Crippen LogP contribution < -0.4 is 0 Å². The standard InChI is InChI=1S/C27H43NO4/c1-16(2)28(17(3)4)23(29)22-10-9-20-19-8-7-18-15-27(32,24(30)31)14-13-25(18,5)21(19)11-12-26(20,22)6/h15-17,19-22,32H,7-14H2,1-6H3,(H,30,31)/t19-,20-,21-,22+,25-,26-,27-/m0/s1. The number of allylic oxidation sites excluding steroid dienone is 1. The number of hydrogen-bond acceptors (Lipinski definition) is 3. The van der Waals surface area contributed by atoms with Gasteiger partial charge in [-0.1, -0.05) is 19.4 Å². The van der Waals surface area contributed by atoms with Gasteiger partial charge in [-0.2, -0.15) is 0 Å². The number of carbonyl (C=O) groups excluding carboxylic acids is 1. The van der Waals surface area contributed by atoms with E-state index in [0.717, 1.165) is 50.5 Å². The Morgan fingerprint density at radius 1 is 0.969 bits per heavy atom. The molecular formula is C27H43NO4. The number of aliphatic carboxylic acids is 1. The lowest BCUT2D eigenvalue weighted by Gasteiger charge is -2.59. The van der Waals surface area contributed by atoms with Crippen molar-refractivity contribution in [1.29, 1.82) is 0 Å². The molecule has 0 unspecified atom stereocenters. The third-order valence-corrected chi connectivity index (χ3v) is 10.2. The van der Waals surface area contributed by atoms with Crippen LogP contribution in [0, 0.1) is 34.5 Å². The Labute approximate surface area is 193 Å². The Balaban J connectivity index is 1.60. The fourth-order valence-corrected chi connectivity index (χ4v) is 8.58. The first-order chi connectivity index (χ1) is 14.8. The van der Waals surface area contributed by atoms with Crippen LogP contribution in [0.2, 0.25) is 0 Å². The van der Waals surface area contributed by atoms with Crippen molar-refractivity contribution in [3.63, 3.8) is 0 Å². The summed E-state index contributed by atoms with van der Waals surface area (Å²) < 4.78 is 0. The number of carboxylic acid groups (broad SMARTS) is 1. The highest BCUT2D eigenvalue weighted by atomic mass is 16.4. The van der Waals surface area contributed by atoms with E-state index in [9.17, 15) is 19.8 Å². The lowest BCUT2D eigenvalue weighted by molar-refractivity contribution is -0.156. The van der Waals surface area contributed by atoms with Crippen LogP contribution in [0.25, 0.3) is 0 Å². The molecule has 0 aromatic heterocycles. The predicted molar refractivity (Wildman–Crippen MR) is 125 cm³/mol. The molecule has 0 saturated heterocycles. The molecule has 0 spiro atoms. The monoisotopic (exact) mass is 445 g/mol. The SMILES string of the molecule is CC(C)N(C(=O)[C@H]1CC[C@H]2[C@@H]3CCC4=C[C@](O)(C(=O)O)CC[C@]4(C)[C@H]3CC[C@]12C)C(C)C. The van der Waals surface area contributed by atoms with Gasteiger partial charge in [0.05, 0.1) is 0 Å². The summed E-state index contributed by atoms with van der Waals surface area (Å²) in [4.78, 5) is 27.5. The molecule has 32 heavy (non-hydrogen) atoms. The van der Waals surface area contributed by atoms with Crippen LogP contribution in [0.15, 0.2) is 11.6 Å². The number of rotatable bonds is 4. The molecule has 4 rings (SSSR count). The van der Waals surface area contributed by atoms with Crippen LogP contribution >= 0.6 is 0 Å². The van der Waals surface area contributed by atoms with Crippen molar-refractivity contribution in [1.82, 2.24) is 4.90 Å². The lowest BCUT2D eigenvalue weighted by atomic mass is 9.46. The van der Waals surface area contributed by atoms with Crippen molar-refractivity contribution < 1.29 is 19.8 Å². The summed E-state index contributed by atoms with van der Waals surface area (Å²) in [5.41, 5.74) is -0.494. The molecule has 0 aliphatic heterocycles. The average Bonchev–Trinajstić information content (AvgIpc) is 3.05. The van der Waals surface area contributed by atoms with E-state index in [1.807, 2.05) is 0 Å². The Hall–Kier alpha value is -1.36. The Morgan fingerprint density at radius 3 is 2.22 bits per heavy atom. The second-order valence-corrected chi connectivity index (χ2v) is 12.3. The molecule has 0 aromatic rings. The van der Waals surface area contributed by atoms with Gasteiger partial charge >= 0.3 is 5.97 Å². The Kier molecular flexibility index (Phi) is 5.84. The van der Waals surface area contributed by atoms with Gasteiger partial charge in [0, 0.05) is 18.0 Å². The molecule has 1 amide bonds. The van der Waals surface area contributed by atoms with E-state index >= 15 is 0 Å². The second-order valence-electron chi connectivity index (χ2n) is 12.3. The molecule has 3 saturated carbocycles. The maximum atomic E-state index is 13.7. The first-order valence-electron chi connectivity index (χ1n) is 12.9. The zero-order chi connectivity index (χ0) is 23.6. The molecule has 180 valence electrons. The van der Waals surface area contributed by atoms with E-state index in [-0.39, 0.29) is 28.8 Å². The summed E-state index contributed by atoms with van der Waals surface area (Å²) in [6, 6.07) is 0.441. The molecule has 4 aliphatic rings. The minimum atomic E-state index is -1.70. The largest absolute Gasteiger partial charge is 0.479 e.